The highest BCUT2D eigenvalue weighted by atomic mass is 16.5. The summed E-state index contributed by atoms with van der Waals surface area (Å²) in [6.45, 7) is 3.50. The number of hydrogen-bond donors (Lipinski definition) is 2. The quantitative estimate of drug-likeness (QED) is 0.651. The van der Waals surface area contributed by atoms with Gasteiger partial charge in [0, 0.05) is 17.0 Å². The van der Waals surface area contributed by atoms with E-state index in [1.807, 2.05) is 0 Å². The zero-order valence-corrected chi connectivity index (χ0v) is 10.9. The first kappa shape index (κ1) is 13.5. The van der Waals surface area contributed by atoms with E-state index in [9.17, 15) is 15.1 Å². The molecular weight excluding hydrogens is 244 g/mol. The second kappa shape index (κ2) is 5.34. The standard InChI is InChI=1S/C14H16N2O3/c1-9(2)16(19)8-14(18)11-4-3-5-13-12(11)6-10(17)7-15-13/h3-7,9,17,19H,8H2,1-2H3. The fourth-order valence-corrected chi connectivity index (χ4v) is 1.80. The van der Waals surface area contributed by atoms with E-state index in [0.29, 0.717) is 16.5 Å². The first-order valence-electron chi connectivity index (χ1n) is 6.05. The van der Waals surface area contributed by atoms with Gasteiger partial charge in [0.05, 0.1) is 18.3 Å². The predicted octanol–water partition coefficient (Wildman–Crippen LogP) is 2.22. The summed E-state index contributed by atoms with van der Waals surface area (Å²) in [7, 11) is 0. The lowest BCUT2D eigenvalue weighted by Gasteiger charge is -2.18. The van der Waals surface area contributed by atoms with Crippen LogP contribution in [0.25, 0.3) is 10.9 Å². The molecule has 2 N–H and O–H groups in total. The van der Waals surface area contributed by atoms with E-state index in [-0.39, 0.29) is 24.1 Å². The minimum absolute atomic E-state index is 0.0115. The first-order valence-corrected chi connectivity index (χ1v) is 6.05. The van der Waals surface area contributed by atoms with Gasteiger partial charge in [-0.2, -0.15) is 5.06 Å². The minimum atomic E-state index is -0.214. The number of hydrogen-bond acceptors (Lipinski definition) is 5. The maximum atomic E-state index is 12.2. The molecule has 0 amide bonds. The Kier molecular flexibility index (Phi) is 3.78. The van der Waals surface area contributed by atoms with Crippen molar-refractivity contribution in [2.24, 2.45) is 0 Å². The lowest BCUT2D eigenvalue weighted by molar-refractivity contribution is -0.107. The van der Waals surface area contributed by atoms with Crippen molar-refractivity contribution in [3.63, 3.8) is 0 Å². The molecule has 5 heteroatoms. The average molecular weight is 260 g/mol. The third-order valence-corrected chi connectivity index (χ3v) is 2.91. The molecule has 0 aliphatic heterocycles. The zero-order chi connectivity index (χ0) is 14.0. The average Bonchev–Trinajstić information content (AvgIpc) is 2.37. The molecule has 0 bridgehead atoms. The van der Waals surface area contributed by atoms with Crippen LogP contribution in [-0.2, 0) is 0 Å². The van der Waals surface area contributed by atoms with E-state index >= 15 is 0 Å². The van der Waals surface area contributed by atoms with Gasteiger partial charge in [-0.3, -0.25) is 9.78 Å². The van der Waals surface area contributed by atoms with Crippen molar-refractivity contribution in [3.05, 3.63) is 36.0 Å². The summed E-state index contributed by atoms with van der Waals surface area (Å²) >= 11 is 0. The molecule has 19 heavy (non-hydrogen) atoms. The number of rotatable bonds is 4. The van der Waals surface area contributed by atoms with Crippen molar-refractivity contribution in [3.8, 4) is 5.75 Å². The Balaban J connectivity index is 2.39. The van der Waals surface area contributed by atoms with Gasteiger partial charge < -0.3 is 10.3 Å². The minimum Gasteiger partial charge on any atom is -0.506 e. The number of carbonyl (C=O) groups excluding carboxylic acids is 1. The molecule has 0 atom stereocenters. The molecule has 1 aromatic carbocycles. The van der Waals surface area contributed by atoms with E-state index in [0.717, 1.165) is 5.06 Å². The van der Waals surface area contributed by atoms with Crippen LogP contribution in [0.3, 0.4) is 0 Å². The van der Waals surface area contributed by atoms with Crippen molar-refractivity contribution >= 4 is 16.7 Å². The van der Waals surface area contributed by atoms with Gasteiger partial charge in [-0.05, 0) is 26.0 Å². The zero-order valence-electron chi connectivity index (χ0n) is 10.9. The Morgan fingerprint density at radius 3 is 2.84 bits per heavy atom. The van der Waals surface area contributed by atoms with E-state index in [1.165, 1.54) is 12.3 Å². The summed E-state index contributed by atoms with van der Waals surface area (Å²) in [5, 5.41) is 20.7. The number of pyridine rings is 1. The predicted molar refractivity (Wildman–Crippen MR) is 71.4 cm³/mol. The van der Waals surface area contributed by atoms with Crippen LogP contribution in [-0.4, -0.2) is 38.7 Å². The fraction of sp³-hybridized carbons (Fsp3) is 0.286. The first-order chi connectivity index (χ1) is 8.99. The number of nitrogens with zero attached hydrogens (tertiary/aromatic N) is 2. The molecule has 5 nitrogen and oxygen atoms in total. The van der Waals surface area contributed by atoms with Crippen LogP contribution in [0.2, 0.25) is 0 Å². The number of Topliss-reactive ketones (excluding diaryl/α,β-unsaturated/α-hetero) is 1. The number of fused-ring (bicyclic) bond motifs is 1. The third-order valence-electron chi connectivity index (χ3n) is 2.91. The van der Waals surface area contributed by atoms with E-state index in [1.54, 1.807) is 32.0 Å². The Morgan fingerprint density at radius 2 is 2.16 bits per heavy atom. The van der Waals surface area contributed by atoms with Crippen LogP contribution in [0.15, 0.2) is 30.5 Å². The van der Waals surface area contributed by atoms with E-state index in [4.69, 9.17) is 0 Å². The van der Waals surface area contributed by atoms with Gasteiger partial charge in [0.2, 0.25) is 0 Å². The molecule has 100 valence electrons. The van der Waals surface area contributed by atoms with Crippen LogP contribution in [0.1, 0.15) is 24.2 Å². The number of aromatic hydroxyl groups is 1. The molecule has 2 rings (SSSR count). The second-order valence-electron chi connectivity index (χ2n) is 4.68. The highest BCUT2D eigenvalue weighted by molar-refractivity contribution is 6.08. The summed E-state index contributed by atoms with van der Waals surface area (Å²) in [6, 6.07) is 6.54. The molecule has 1 heterocycles. The van der Waals surface area contributed by atoms with Gasteiger partial charge in [0.15, 0.2) is 5.78 Å². The molecule has 0 fully saturated rings. The van der Waals surface area contributed by atoms with Crippen LogP contribution in [0.4, 0.5) is 0 Å². The molecule has 0 aliphatic carbocycles. The van der Waals surface area contributed by atoms with Gasteiger partial charge in [-0.1, -0.05) is 12.1 Å². The van der Waals surface area contributed by atoms with Gasteiger partial charge >= 0.3 is 0 Å². The molecule has 2 aromatic rings. The van der Waals surface area contributed by atoms with Crippen LogP contribution < -0.4 is 0 Å². The van der Waals surface area contributed by atoms with Crippen molar-refractivity contribution in [1.29, 1.82) is 0 Å². The Labute approximate surface area is 111 Å². The summed E-state index contributed by atoms with van der Waals surface area (Å²) < 4.78 is 0. The summed E-state index contributed by atoms with van der Waals surface area (Å²) in [4.78, 5) is 16.2. The van der Waals surface area contributed by atoms with E-state index in [2.05, 4.69) is 4.98 Å². The highest BCUT2D eigenvalue weighted by Crippen LogP contribution is 2.21. The second-order valence-corrected chi connectivity index (χ2v) is 4.68. The van der Waals surface area contributed by atoms with Gasteiger partial charge in [-0.15, -0.1) is 0 Å². The summed E-state index contributed by atoms with van der Waals surface area (Å²) in [5.41, 5.74) is 1.08. The lowest BCUT2D eigenvalue weighted by Crippen LogP contribution is -2.32. The van der Waals surface area contributed by atoms with Crippen molar-refractivity contribution in [1.82, 2.24) is 10.0 Å². The van der Waals surface area contributed by atoms with Gasteiger partial charge in [-0.25, -0.2) is 0 Å². The number of ketones is 1. The Hall–Kier alpha value is -1.98. The molecule has 0 unspecified atom stereocenters. The highest BCUT2D eigenvalue weighted by Gasteiger charge is 2.16. The normalized spacial score (nSPS) is 11.4. The molecule has 1 aromatic heterocycles. The molecule has 0 radical (unpaired) electrons. The third kappa shape index (κ3) is 2.89. The number of carbonyl (C=O) groups is 1. The lowest BCUT2D eigenvalue weighted by atomic mass is 10.0. The topological polar surface area (TPSA) is 73.7 Å². The van der Waals surface area contributed by atoms with Gasteiger partial charge in [0.25, 0.3) is 0 Å². The summed E-state index contributed by atoms with van der Waals surface area (Å²) in [5.74, 6) is -0.202. The molecule has 0 saturated heterocycles. The molecular formula is C14H16N2O3. The smallest absolute Gasteiger partial charge is 0.179 e. The Bertz CT molecular complexity index is 611. The van der Waals surface area contributed by atoms with Gasteiger partial charge in [0.1, 0.15) is 5.75 Å². The maximum absolute atomic E-state index is 12.2. The van der Waals surface area contributed by atoms with Crippen molar-refractivity contribution in [2.45, 2.75) is 19.9 Å². The molecule has 0 spiro atoms. The number of hydroxylamine groups is 2. The number of benzene rings is 1. The monoisotopic (exact) mass is 260 g/mol. The largest absolute Gasteiger partial charge is 0.506 e. The summed E-state index contributed by atoms with van der Waals surface area (Å²) in [6.07, 6.45) is 1.34. The van der Waals surface area contributed by atoms with Crippen molar-refractivity contribution in [2.75, 3.05) is 6.54 Å². The maximum Gasteiger partial charge on any atom is 0.179 e. The molecule has 0 aliphatic rings. The van der Waals surface area contributed by atoms with E-state index < -0.39 is 0 Å². The number of aromatic nitrogens is 1. The Morgan fingerprint density at radius 1 is 1.42 bits per heavy atom. The SMILES string of the molecule is CC(C)N(O)CC(=O)c1cccc2ncc(O)cc12. The van der Waals surface area contributed by atoms with Crippen molar-refractivity contribution < 1.29 is 15.1 Å². The molecule has 0 saturated carbocycles. The van der Waals surface area contributed by atoms with Crippen LogP contribution in [0, 0.1) is 0 Å². The van der Waals surface area contributed by atoms with Crippen LogP contribution >= 0.6 is 0 Å². The van der Waals surface area contributed by atoms with Crippen LogP contribution in [0.5, 0.6) is 5.75 Å². The fourth-order valence-electron chi connectivity index (χ4n) is 1.80.